The molecule has 2 aromatic rings. The molecule has 1 aromatic carbocycles. The van der Waals surface area contributed by atoms with Crippen LogP contribution in [0.25, 0.3) is 0 Å². The Hall–Kier alpha value is -3.35. The summed E-state index contributed by atoms with van der Waals surface area (Å²) in [7, 11) is 1.20. The number of benzene rings is 1. The van der Waals surface area contributed by atoms with E-state index >= 15 is 0 Å². The van der Waals surface area contributed by atoms with Gasteiger partial charge < -0.3 is 21.2 Å². The summed E-state index contributed by atoms with van der Waals surface area (Å²) in [6.07, 6.45) is 5.35. The van der Waals surface area contributed by atoms with Crippen LogP contribution in [-0.4, -0.2) is 29.2 Å². The Labute approximate surface area is 147 Å². The van der Waals surface area contributed by atoms with Crippen molar-refractivity contribution >= 4 is 40.7 Å². The minimum Gasteiger partial charge on any atom is -0.465 e. The number of terminal acetylenes is 1. The summed E-state index contributed by atoms with van der Waals surface area (Å²) in [5.41, 5.74) is 8.37. The lowest BCUT2D eigenvalue weighted by atomic mass is 10.1. The van der Waals surface area contributed by atoms with Gasteiger partial charge in [-0.25, -0.2) is 10.6 Å². The van der Waals surface area contributed by atoms with E-state index in [4.69, 9.17) is 29.6 Å². The van der Waals surface area contributed by atoms with Crippen LogP contribution in [0.15, 0.2) is 18.2 Å². The van der Waals surface area contributed by atoms with Crippen molar-refractivity contribution in [3.8, 4) is 12.3 Å². The molecule has 1 heterocycles. The Bertz CT molecular complexity index is 894. The number of carbonyl (C=O) groups is 2. The number of aromatic nitrogens is 2. The van der Waals surface area contributed by atoms with Crippen molar-refractivity contribution in [3.63, 3.8) is 0 Å². The predicted molar refractivity (Wildman–Crippen MR) is 92.9 cm³/mol. The fourth-order valence-electron chi connectivity index (χ4n) is 1.88. The van der Waals surface area contributed by atoms with Gasteiger partial charge in [0.05, 0.1) is 29.1 Å². The van der Waals surface area contributed by atoms with E-state index in [0.717, 1.165) is 0 Å². The Balaban J connectivity index is 2.41. The number of rotatable bonds is 4. The molecule has 6 N–H and O–H groups in total. The highest BCUT2D eigenvalue weighted by molar-refractivity contribution is 6.32. The van der Waals surface area contributed by atoms with Crippen molar-refractivity contribution in [2.24, 2.45) is 5.84 Å². The maximum Gasteiger partial charge on any atom is 0.340 e. The lowest BCUT2D eigenvalue weighted by molar-refractivity contribution is 0.0602. The van der Waals surface area contributed by atoms with E-state index in [1.54, 1.807) is 0 Å². The first-order valence-electron chi connectivity index (χ1n) is 6.70. The molecule has 0 bridgehead atoms. The molecule has 0 saturated heterocycles. The van der Waals surface area contributed by atoms with Gasteiger partial charge in [-0.2, -0.15) is 0 Å². The average molecular weight is 361 g/mol. The molecule has 0 fully saturated rings. The van der Waals surface area contributed by atoms with Gasteiger partial charge in [0, 0.05) is 5.56 Å². The van der Waals surface area contributed by atoms with Crippen LogP contribution < -0.4 is 22.3 Å². The smallest absolute Gasteiger partial charge is 0.340 e. The van der Waals surface area contributed by atoms with E-state index in [9.17, 15) is 9.59 Å². The van der Waals surface area contributed by atoms with Crippen molar-refractivity contribution in [1.29, 1.82) is 0 Å². The largest absolute Gasteiger partial charge is 0.465 e. The van der Waals surface area contributed by atoms with Gasteiger partial charge in [-0.05, 0) is 18.2 Å². The van der Waals surface area contributed by atoms with E-state index < -0.39 is 11.9 Å². The van der Waals surface area contributed by atoms with Gasteiger partial charge in [0.2, 0.25) is 0 Å². The second-order valence-electron chi connectivity index (χ2n) is 4.65. The maximum absolute atomic E-state index is 12.4. The predicted octanol–water partition coefficient (Wildman–Crippen LogP) is 1.02. The zero-order chi connectivity index (χ0) is 18.6. The number of methoxy groups -OCH3 is 1. The van der Waals surface area contributed by atoms with Crippen LogP contribution in [0.4, 0.5) is 17.2 Å². The molecule has 0 aliphatic heterocycles. The molecule has 0 unspecified atom stereocenters. The van der Waals surface area contributed by atoms with E-state index in [-0.39, 0.29) is 39.0 Å². The van der Waals surface area contributed by atoms with Gasteiger partial charge in [-0.1, -0.05) is 17.5 Å². The quantitative estimate of drug-likeness (QED) is 0.273. The summed E-state index contributed by atoms with van der Waals surface area (Å²) in [6, 6.07) is 3.95. The molecular weight excluding hydrogens is 348 g/mol. The molecule has 0 saturated carbocycles. The highest BCUT2D eigenvalue weighted by Crippen LogP contribution is 2.26. The molecule has 9 nitrogen and oxygen atoms in total. The number of halogens is 1. The van der Waals surface area contributed by atoms with Gasteiger partial charge in [0.1, 0.15) is 0 Å². The molecule has 2 rings (SSSR count). The SMILES string of the molecule is C#Cc1cc(NC(=O)c2cc(N)c(NN)nn2)c(C(=O)OC)cc1Cl. The highest BCUT2D eigenvalue weighted by Gasteiger charge is 2.19. The summed E-state index contributed by atoms with van der Waals surface area (Å²) >= 11 is 5.99. The number of hydrogen-bond donors (Lipinski definition) is 4. The number of nitrogens with one attached hydrogen (secondary N) is 2. The summed E-state index contributed by atoms with van der Waals surface area (Å²) in [6.45, 7) is 0. The molecular formula is C15H13ClN6O3. The maximum atomic E-state index is 12.4. The number of nitrogens with zero attached hydrogens (tertiary/aromatic N) is 2. The number of hydrogen-bond acceptors (Lipinski definition) is 8. The fourth-order valence-corrected chi connectivity index (χ4v) is 2.10. The van der Waals surface area contributed by atoms with E-state index in [1.165, 1.54) is 25.3 Å². The van der Waals surface area contributed by atoms with Crippen LogP contribution >= 0.6 is 11.6 Å². The molecule has 0 spiro atoms. The summed E-state index contributed by atoms with van der Waals surface area (Å²) < 4.78 is 4.67. The van der Waals surface area contributed by atoms with Crippen LogP contribution in [0.1, 0.15) is 26.4 Å². The van der Waals surface area contributed by atoms with E-state index in [1.807, 2.05) is 0 Å². The standard InChI is InChI=1S/C15H13ClN6O3/c1-3-7-4-11(8(5-9(7)16)15(24)25-2)19-14(23)12-6-10(17)13(20-18)22-21-12/h1,4-6H,18H2,2H3,(H2,17,21)(H,19,23)(H,20,22). The van der Waals surface area contributed by atoms with Gasteiger partial charge >= 0.3 is 5.97 Å². The Morgan fingerprint density at radius 2 is 2.04 bits per heavy atom. The van der Waals surface area contributed by atoms with Crippen molar-refractivity contribution in [1.82, 2.24) is 10.2 Å². The van der Waals surface area contributed by atoms with Crippen molar-refractivity contribution in [2.75, 3.05) is 23.6 Å². The lowest BCUT2D eigenvalue weighted by Gasteiger charge is -2.12. The minimum atomic E-state index is -0.700. The highest BCUT2D eigenvalue weighted by atomic mass is 35.5. The summed E-state index contributed by atoms with van der Waals surface area (Å²) in [5, 5.41) is 10.0. The normalized spacial score (nSPS) is 9.84. The Kier molecular flexibility index (Phi) is 5.38. The van der Waals surface area contributed by atoms with Crippen LogP contribution in [-0.2, 0) is 4.74 Å². The van der Waals surface area contributed by atoms with Crippen LogP contribution in [0.5, 0.6) is 0 Å². The van der Waals surface area contributed by atoms with Crippen LogP contribution in [0, 0.1) is 12.3 Å². The summed E-state index contributed by atoms with van der Waals surface area (Å²) in [4.78, 5) is 24.2. The van der Waals surface area contributed by atoms with Crippen molar-refractivity contribution in [3.05, 3.63) is 40.0 Å². The minimum absolute atomic E-state index is 0.0287. The third kappa shape index (κ3) is 3.77. The van der Waals surface area contributed by atoms with Gasteiger partial charge in [-0.3, -0.25) is 4.79 Å². The zero-order valence-electron chi connectivity index (χ0n) is 13.0. The second-order valence-corrected chi connectivity index (χ2v) is 5.05. The Morgan fingerprint density at radius 3 is 2.60 bits per heavy atom. The lowest BCUT2D eigenvalue weighted by Crippen LogP contribution is -2.19. The second kappa shape index (κ2) is 7.48. The first kappa shape index (κ1) is 18.0. The number of amides is 1. The number of esters is 1. The van der Waals surface area contributed by atoms with Crippen molar-refractivity contribution < 1.29 is 14.3 Å². The molecule has 0 radical (unpaired) electrons. The third-order valence-electron chi connectivity index (χ3n) is 3.11. The monoisotopic (exact) mass is 360 g/mol. The molecule has 10 heteroatoms. The molecule has 1 amide bonds. The molecule has 0 aliphatic carbocycles. The van der Waals surface area contributed by atoms with E-state index in [2.05, 4.69) is 31.6 Å². The topological polar surface area (TPSA) is 145 Å². The number of nitrogens with two attached hydrogens (primary N) is 2. The van der Waals surface area contributed by atoms with Gasteiger partial charge in [-0.15, -0.1) is 16.6 Å². The fraction of sp³-hybridized carbons (Fsp3) is 0.0667. The first-order chi connectivity index (χ1) is 11.9. The average Bonchev–Trinajstić information content (AvgIpc) is 2.61. The number of carbonyl (C=O) groups excluding carboxylic acids is 2. The molecule has 0 atom stereocenters. The molecule has 0 aliphatic rings. The molecule has 1 aromatic heterocycles. The van der Waals surface area contributed by atoms with E-state index in [0.29, 0.717) is 0 Å². The zero-order valence-corrected chi connectivity index (χ0v) is 13.7. The number of ether oxygens (including phenoxy) is 1. The first-order valence-corrected chi connectivity index (χ1v) is 7.08. The molecule has 25 heavy (non-hydrogen) atoms. The third-order valence-corrected chi connectivity index (χ3v) is 3.42. The molecule has 128 valence electrons. The number of nitrogen functional groups attached to an aromatic ring is 2. The van der Waals surface area contributed by atoms with Crippen LogP contribution in [0.2, 0.25) is 5.02 Å². The summed E-state index contributed by atoms with van der Waals surface area (Å²) in [5.74, 6) is 6.30. The number of anilines is 3. The van der Waals surface area contributed by atoms with Gasteiger partial charge in [0.25, 0.3) is 5.91 Å². The van der Waals surface area contributed by atoms with Gasteiger partial charge in [0.15, 0.2) is 11.5 Å². The van der Waals surface area contributed by atoms with Crippen LogP contribution in [0.3, 0.4) is 0 Å². The van der Waals surface area contributed by atoms with Crippen molar-refractivity contribution in [2.45, 2.75) is 0 Å². The number of hydrazine groups is 1. The Morgan fingerprint density at radius 1 is 1.32 bits per heavy atom.